The maximum atomic E-state index is 12.6. The van der Waals surface area contributed by atoms with Gasteiger partial charge in [-0.1, -0.05) is 31.4 Å². The van der Waals surface area contributed by atoms with Crippen molar-refractivity contribution in [2.24, 2.45) is 5.92 Å². The second-order valence-corrected chi connectivity index (χ2v) is 7.50. The molecule has 5 nitrogen and oxygen atoms in total. The van der Waals surface area contributed by atoms with Crippen LogP contribution in [0.4, 0.5) is 0 Å². The summed E-state index contributed by atoms with van der Waals surface area (Å²) in [5, 5.41) is 0. The number of nitrogens with zero attached hydrogens (tertiary/aromatic N) is 2. The molecule has 0 unspecified atom stereocenters. The van der Waals surface area contributed by atoms with E-state index in [1.54, 1.807) is 7.11 Å². The van der Waals surface area contributed by atoms with Crippen LogP contribution >= 0.6 is 0 Å². The van der Waals surface area contributed by atoms with Crippen molar-refractivity contribution >= 4 is 11.8 Å². The lowest BCUT2D eigenvalue weighted by molar-refractivity contribution is -0.132. The zero-order chi connectivity index (χ0) is 18.4. The van der Waals surface area contributed by atoms with Gasteiger partial charge in [-0.15, -0.1) is 0 Å². The van der Waals surface area contributed by atoms with E-state index in [4.69, 9.17) is 4.74 Å². The largest absolute Gasteiger partial charge is 0.497 e. The van der Waals surface area contributed by atoms with Gasteiger partial charge < -0.3 is 14.5 Å². The number of ether oxygens (including phenoxy) is 1. The molecule has 5 heteroatoms. The van der Waals surface area contributed by atoms with Crippen molar-refractivity contribution in [1.29, 1.82) is 0 Å². The zero-order valence-corrected chi connectivity index (χ0v) is 15.8. The molecule has 2 amide bonds. The summed E-state index contributed by atoms with van der Waals surface area (Å²) in [4.78, 5) is 28.9. The number of methoxy groups -OCH3 is 1. The van der Waals surface area contributed by atoms with Crippen LogP contribution in [0.25, 0.3) is 0 Å². The minimum atomic E-state index is 0.133. The Kier molecular flexibility index (Phi) is 6.53. The van der Waals surface area contributed by atoms with E-state index in [1.165, 1.54) is 32.1 Å². The van der Waals surface area contributed by atoms with Crippen molar-refractivity contribution < 1.29 is 14.3 Å². The van der Waals surface area contributed by atoms with E-state index in [1.807, 2.05) is 34.1 Å². The van der Waals surface area contributed by atoms with Gasteiger partial charge in [0, 0.05) is 39.0 Å². The van der Waals surface area contributed by atoms with Gasteiger partial charge in [-0.2, -0.15) is 0 Å². The van der Waals surface area contributed by atoms with Gasteiger partial charge in [-0.05, 0) is 36.5 Å². The van der Waals surface area contributed by atoms with Crippen molar-refractivity contribution in [2.75, 3.05) is 26.7 Å². The first kappa shape index (κ1) is 18.7. The summed E-state index contributed by atoms with van der Waals surface area (Å²) < 4.78 is 5.18. The summed E-state index contributed by atoms with van der Waals surface area (Å²) in [5.74, 6) is 1.73. The van der Waals surface area contributed by atoms with Crippen LogP contribution in [0, 0.1) is 5.92 Å². The predicted molar refractivity (Wildman–Crippen MR) is 101 cm³/mol. The number of amides is 2. The Morgan fingerprint density at radius 3 is 2.50 bits per heavy atom. The molecule has 2 fully saturated rings. The molecule has 1 saturated carbocycles. The summed E-state index contributed by atoms with van der Waals surface area (Å²) in [6.07, 6.45) is 7.27. The van der Waals surface area contributed by atoms with E-state index in [0.29, 0.717) is 44.9 Å². The van der Waals surface area contributed by atoms with E-state index < -0.39 is 0 Å². The Balaban J connectivity index is 1.53. The summed E-state index contributed by atoms with van der Waals surface area (Å²) in [5.41, 5.74) is 1.08. The minimum absolute atomic E-state index is 0.133. The zero-order valence-electron chi connectivity index (χ0n) is 15.8. The molecule has 0 bridgehead atoms. The van der Waals surface area contributed by atoms with Gasteiger partial charge in [-0.3, -0.25) is 9.59 Å². The van der Waals surface area contributed by atoms with E-state index >= 15 is 0 Å². The standard InChI is InChI=1S/C21H30N2O3/c1-26-19-9-7-18(8-10-19)16-23-14-13-22(12-11-20(23)24)21(25)15-17-5-3-2-4-6-17/h7-10,17H,2-6,11-16H2,1H3. The first-order chi connectivity index (χ1) is 12.7. The summed E-state index contributed by atoms with van der Waals surface area (Å²) >= 11 is 0. The van der Waals surface area contributed by atoms with E-state index in [-0.39, 0.29) is 11.8 Å². The van der Waals surface area contributed by atoms with Crippen LogP contribution in [0.1, 0.15) is 50.5 Å². The molecule has 3 rings (SSSR count). The molecule has 0 atom stereocenters. The summed E-state index contributed by atoms with van der Waals surface area (Å²) in [7, 11) is 1.65. The molecule has 1 aromatic rings. The third-order valence-corrected chi connectivity index (χ3v) is 5.66. The second-order valence-electron chi connectivity index (χ2n) is 7.50. The number of rotatable bonds is 5. The van der Waals surface area contributed by atoms with Crippen LogP contribution in [0.2, 0.25) is 0 Å². The van der Waals surface area contributed by atoms with Crippen LogP contribution in [-0.2, 0) is 16.1 Å². The summed E-state index contributed by atoms with van der Waals surface area (Å²) in [6.45, 7) is 2.41. The number of carbonyl (C=O) groups excluding carboxylic acids is 2. The maximum Gasteiger partial charge on any atom is 0.224 e. The highest BCUT2D eigenvalue weighted by molar-refractivity contribution is 5.80. The van der Waals surface area contributed by atoms with Gasteiger partial charge in [0.05, 0.1) is 7.11 Å². The molecule has 142 valence electrons. The highest BCUT2D eigenvalue weighted by Gasteiger charge is 2.26. The molecule has 0 spiro atoms. The highest BCUT2D eigenvalue weighted by atomic mass is 16.5. The normalized spacial score (nSPS) is 19.3. The van der Waals surface area contributed by atoms with E-state index in [0.717, 1.165) is 11.3 Å². The van der Waals surface area contributed by atoms with Crippen molar-refractivity contribution in [3.05, 3.63) is 29.8 Å². The molecule has 0 radical (unpaired) electrons. The van der Waals surface area contributed by atoms with Gasteiger partial charge in [0.25, 0.3) is 0 Å². The molecule has 0 aromatic heterocycles. The molecule has 1 heterocycles. The molecule has 26 heavy (non-hydrogen) atoms. The van der Waals surface area contributed by atoms with Crippen molar-refractivity contribution in [3.8, 4) is 5.75 Å². The molecule has 1 aliphatic carbocycles. The Morgan fingerprint density at radius 1 is 1.08 bits per heavy atom. The average Bonchev–Trinajstić information content (AvgIpc) is 2.85. The van der Waals surface area contributed by atoms with Gasteiger partial charge in [0.15, 0.2) is 0 Å². The average molecular weight is 358 g/mol. The van der Waals surface area contributed by atoms with E-state index in [9.17, 15) is 9.59 Å². The first-order valence-electron chi connectivity index (χ1n) is 9.84. The number of hydrogen-bond acceptors (Lipinski definition) is 3. The SMILES string of the molecule is COc1ccc(CN2CCN(C(=O)CC3CCCCC3)CCC2=O)cc1. The van der Waals surface area contributed by atoms with Crippen molar-refractivity contribution in [3.63, 3.8) is 0 Å². The number of carbonyl (C=O) groups is 2. The quantitative estimate of drug-likeness (QED) is 0.812. The highest BCUT2D eigenvalue weighted by Crippen LogP contribution is 2.27. The topological polar surface area (TPSA) is 49.9 Å². The Bertz CT molecular complexity index is 608. The van der Waals surface area contributed by atoms with E-state index in [2.05, 4.69) is 0 Å². The fraction of sp³-hybridized carbons (Fsp3) is 0.619. The molecule has 2 aliphatic rings. The lowest BCUT2D eigenvalue weighted by atomic mass is 9.86. The van der Waals surface area contributed by atoms with Gasteiger partial charge in [0.1, 0.15) is 5.75 Å². The molecular formula is C21H30N2O3. The molecule has 0 N–H and O–H groups in total. The fourth-order valence-electron chi connectivity index (χ4n) is 4.00. The number of benzene rings is 1. The summed E-state index contributed by atoms with van der Waals surface area (Å²) in [6, 6.07) is 7.81. The van der Waals surface area contributed by atoms with Crippen LogP contribution < -0.4 is 4.74 Å². The van der Waals surface area contributed by atoms with Crippen LogP contribution in [0.3, 0.4) is 0 Å². The Morgan fingerprint density at radius 2 is 1.81 bits per heavy atom. The molecule has 1 aromatic carbocycles. The third-order valence-electron chi connectivity index (χ3n) is 5.66. The van der Waals surface area contributed by atoms with Crippen LogP contribution in [0.5, 0.6) is 5.75 Å². The molecular weight excluding hydrogens is 328 g/mol. The fourth-order valence-corrected chi connectivity index (χ4v) is 4.00. The first-order valence-corrected chi connectivity index (χ1v) is 9.84. The second kappa shape index (κ2) is 9.06. The Labute approximate surface area is 156 Å². The van der Waals surface area contributed by atoms with Gasteiger partial charge >= 0.3 is 0 Å². The predicted octanol–water partition coefficient (Wildman–Crippen LogP) is 3.23. The number of hydrogen-bond donors (Lipinski definition) is 0. The van der Waals surface area contributed by atoms with Crippen LogP contribution in [-0.4, -0.2) is 48.4 Å². The lowest BCUT2D eigenvalue weighted by Gasteiger charge is -2.26. The maximum absolute atomic E-state index is 12.6. The molecule has 1 aliphatic heterocycles. The van der Waals surface area contributed by atoms with Gasteiger partial charge in [0.2, 0.25) is 11.8 Å². The third kappa shape index (κ3) is 4.99. The minimum Gasteiger partial charge on any atom is -0.497 e. The van der Waals surface area contributed by atoms with Crippen molar-refractivity contribution in [1.82, 2.24) is 9.80 Å². The smallest absolute Gasteiger partial charge is 0.224 e. The lowest BCUT2D eigenvalue weighted by Crippen LogP contribution is -2.36. The monoisotopic (exact) mass is 358 g/mol. The molecule has 1 saturated heterocycles. The van der Waals surface area contributed by atoms with Gasteiger partial charge in [-0.25, -0.2) is 0 Å². The van der Waals surface area contributed by atoms with Crippen LogP contribution in [0.15, 0.2) is 24.3 Å². The Hall–Kier alpha value is -2.04. The van der Waals surface area contributed by atoms with Crippen molar-refractivity contribution in [2.45, 2.75) is 51.5 Å².